The molecule has 0 aliphatic heterocycles. The number of aromatic nitrogens is 2. The number of nitrogens with zero attached hydrogens (tertiary/aromatic N) is 3. The fourth-order valence-corrected chi connectivity index (χ4v) is 2.03. The number of imidazole rings is 1. The monoisotopic (exact) mass is 283 g/mol. The molecule has 4 nitrogen and oxygen atoms in total. The molecule has 104 valence electrons. The molecule has 0 fully saturated rings. The molecule has 1 aromatic heterocycles. The minimum absolute atomic E-state index is 0.0620. The summed E-state index contributed by atoms with van der Waals surface area (Å²) >= 11 is -0.214. The van der Waals surface area contributed by atoms with Gasteiger partial charge in [0.2, 0.25) is 0 Å². The fourth-order valence-electron chi connectivity index (χ4n) is 1.47. The molecule has 1 heterocycles. The second-order valence-corrected chi connectivity index (χ2v) is 4.99. The van der Waals surface area contributed by atoms with Gasteiger partial charge in [-0.2, -0.15) is 13.2 Å². The van der Waals surface area contributed by atoms with Gasteiger partial charge in [0.1, 0.15) is 0 Å². The topological polar surface area (TPSA) is 41.3 Å². The standard InChI is InChI=1S/C10H16F3N3OS/c1-15(4-3-5-17)7-8-6-14-9(16(8)2)18-10(11,12)13/h6,17H,3-5,7H2,1-2H3. The minimum Gasteiger partial charge on any atom is -0.396 e. The smallest absolute Gasteiger partial charge is 0.396 e. The van der Waals surface area contributed by atoms with Gasteiger partial charge in [0, 0.05) is 38.5 Å². The molecule has 0 atom stereocenters. The number of aliphatic hydroxyl groups is 1. The molecule has 0 saturated heterocycles. The molecule has 0 aliphatic rings. The van der Waals surface area contributed by atoms with Crippen LogP contribution in [0.25, 0.3) is 0 Å². The summed E-state index contributed by atoms with van der Waals surface area (Å²) < 4.78 is 38.1. The predicted octanol–water partition coefficient (Wildman–Crippen LogP) is 1.85. The van der Waals surface area contributed by atoms with Gasteiger partial charge in [-0.25, -0.2) is 4.98 Å². The van der Waals surface area contributed by atoms with Crippen molar-refractivity contribution >= 4 is 11.8 Å². The number of hydrogen-bond donors (Lipinski definition) is 1. The van der Waals surface area contributed by atoms with Crippen LogP contribution in [-0.4, -0.2) is 45.3 Å². The fraction of sp³-hybridized carbons (Fsp3) is 0.700. The Morgan fingerprint density at radius 2 is 2.17 bits per heavy atom. The SMILES string of the molecule is CN(CCCO)Cc1cnc(SC(F)(F)F)n1C. The van der Waals surface area contributed by atoms with Gasteiger partial charge in [-0.3, -0.25) is 0 Å². The molecule has 1 N–H and O–H groups in total. The highest BCUT2D eigenvalue weighted by atomic mass is 32.2. The highest BCUT2D eigenvalue weighted by molar-refractivity contribution is 8.00. The van der Waals surface area contributed by atoms with Crippen LogP contribution in [0.5, 0.6) is 0 Å². The molecule has 0 aromatic carbocycles. The third-order valence-electron chi connectivity index (χ3n) is 2.38. The molecule has 0 bridgehead atoms. The molecular formula is C10H16F3N3OS. The maximum Gasteiger partial charge on any atom is 0.449 e. The van der Waals surface area contributed by atoms with E-state index in [9.17, 15) is 13.2 Å². The van der Waals surface area contributed by atoms with E-state index in [1.807, 2.05) is 11.9 Å². The van der Waals surface area contributed by atoms with E-state index in [4.69, 9.17) is 5.11 Å². The molecule has 0 saturated carbocycles. The Kier molecular flexibility index (Phi) is 5.48. The Hall–Kier alpha value is -0.730. The Morgan fingerprint density at radius 1 is 1.50 bits per heavy atom. The number of halogens is 3. The first kappa shape index (κ1) is 15.3. The van der Waals surface area contributed by atoms with Crippen LogP contribution >= 0.6 is 11.8 Å². The zero-order chi connectivity index (χ0) is 13.8. The maximum absolute atomic E-state index is 12.2. The Morgan fingerprint density at radius 3 is 2.72 bits per heavy atom. The average molecular weight is 283 g/mol. The van der Waals surface area contributed by atoms with Crippen LogP contribution in [0, 0.1) is 0 Å². The zero-order valence-electron chi connectivity index (χ0n) is 10.2. The molecule has 8 heteroatoms. The Balaban J connectivity index is 2.63. The highest BCUT2D eigenvalue weighted by Gasteiger charge is 2.31. The quantitative estimate of drug-likeness (QED) is 0.809. The first-order valence-electron chi connectivity index (χ1n) is 5.39. The van der Waals surface area contributed by atoms with Crippen molar-refractivity contribution in [2.24, 2.45) is 7.05 Å². The molecule has 18 heavy (non-hydrogen) atoms. The van der Waals surface area contributed by atoms with Crippen molar-refractivity contribution in [3.8, 4) is 0 Å². The number of rotatable bonds is 6. The summed E-state index contributed by atoms with van der Waals surface area (Å²) in [6.07, 6.45) is 2.09. The number of aliphatic hydroxyl groups excluding tert-OH is 1. The van der Waals surface area contributed by atoms with Crippen LogP contribution in [-0.2, 0) is 13.6 Å². The van der Waals surface area contributed by atoms with Gasteiger partial charge >= 0.3 is 5.51 Å². The summed E-state index contributed by atoms with van der Waals surface area (Å²) in [6.45, 7) is 1.29. The Labute approximate surface area is 108 Å². The van der Waals surface area contributed by atoms with Crippen molar-refractivity contribution < 1.29 is 18.3 Å². The summed E-state index contributed by atoms with van der Waals surface area (Å²) in [4.78, 5) is 5.69. The van der Waals surface area contributed by atoms with Gasteiger partial charge in [-0.1, -0.05) is 0 Å². The van der Waals surface area contributed by atoms with E-state index < -0.39 is 5.51 Å². The van der Waals surface area contributed by atoms with Crippen LogP contribution in [0.15, 0.2) is 11.4 Å². The summed E-state index contributed by atoms with van der Waals surface area (Å²) in [7, 11) is 3.41. The third-order valence-corrected chi connectivity index (χ3v) is 3.17. The number of alkyl halides is 3. The predicted molar refractivity (Wildman–Crippen MR) is 63.2 cm³/mol. The summed E-state index contributed by atoms with van der Waals surface area (Å²) in [5.41, 5.74) is -3.61. The van der Waals surface area contributed by atoms with Crippen molar-refractivity contribution in [3.05, 3.63) is 11.9 Å². The second-order valence-electron chi connectivity index (χ2n) is 3.95. The first-order chi connectivity index (χ1) is 8.33. The van der Waals surface area contributed by atoms with Gasteiger partial charge in [0.05, 0.1) is 11.9 Å². The van der Waals surface area contributed by atoms with Crippen LogP contribution in [0.4, 0.5) is 13.2 Å². The lowest BCUT2D eigenvalue weighted by Gasteiger charge is -2.16. The van der Waals surface area contributed by atoms with E-state index >= 15 is 0 Å². The van der Waals surface area contributed by atoms with Crippen LogP contribution in [0.3, 0.4) is 0 Å². The van der Waals surface area contributed by atoms with Crippen molar-refractivity contribution in [1.82, 2.24) is 14.5 Å². The van der Waals surface area contributed by atoms with Crippen LogP contribution in [0.2, 0.25) is 0 Å². The van der Waals surface area contributed by atoms with Crippen molar-refractivity contribution in [2.75, 3.05) is 20.2 Å². The van der Waals surface area contributed by atoms with Gasteiger partial charge in [-0.15, -0.1) is 0 Å². The van der Waals surface area contributed by atoms with Gasteiger partial charge < -0.3 is 14.6 Å². The molecule has 0 radical (unpaired) electrons. The van der Waals surface area contributed by atoms with Crippen LogP contribution in [0.1, 0.15) is 12.1 Å². The molecular weight excluding hydrogens is 267 g/mol. The molecule has 0 unspecified atom stereocenters. The molecule has 0 spiro atoms. The van der Waals surface area contributed by atoms with Gasteiger partial charge in [0.15, 0.2) is 5.16 Å². The van der Waals surface area contributed by atoms with E-state index in [0.717, 1.165) is 0 Å². The van der Waals surface area contributed by atoms with E-state index in [2.05, 4.69) is 4.98 Å². The van der Waals surface area contributed by atoms with Crippen molar-refractivity contribution in [1.29, 1.82) is 0 Å². The largest absolute Gasteiger partial charge is 0.449 e. The normalized spacial score (nSPS) is 12.4. The molecule has 1 aromatic rings. The van der Waals surface area contributed by atoms with Crippen LogP contribution < -0.4 is 0 Å². The minimum atomic E-state index is -4.32. The van der Waals surface area contributed by atoms with Gasteiger partial charge in [0.25, 0.3) is 0 Å². The lowest BCUT2D eigenvalue weighted by molar-refractivity contribution is -0.0332. The molecule has 0 aliphatic carbocycles. The molecule has 0 amide bonds. The van der Waals surface area contributed by atoms with Crippen molar-refractivity contribution in [2.45, 2.75) is 23.6 Å². The summed E-state index contributed by atoms with van der Waals surface area (Å²) in [6, 6.07) is 0. The highest BCUT2D eigenvalue weighted by Crippen LogP contribution is 2.36. The molecule has 1 rings (SSSR count). The maximum atomic E-state index is 12.2. The summed E-state index contributed by atoms with van der Waals surface area (Å²) in [5.74, 6) is 0. The van der Waals surface area contributed by atoms with E-state index in [-0.39, 0.29) is 23.5 Å². The Bertz CT molecular complexity index is 381. The zero-order valence-corrected chi connectivity index (χ0v) is 11.1. The van der Waals surface area contributed by atoms with E-state index in [1.54, 1.807) is 7.05 Å². The number of hydrogen-bond acceptors (Lipinski definition) is 4. The third kappa shape index (κ3) is 4.87. The van der Waals surface area contributed by atoms with E-state index in [1.165, 1.54) is 10.8 Å². The number of thioether (sulfide) groups is 1. The average Bonchev–Trinajstić information content (AvgIpc) is 2.57. The van der Waals surface area contributed by atoms with Crippen molar-refractivity contribution in [3.63, 3.8) is 0 Å². The lowest BCUT2D eigenvalue weighted by atomic mass is 10.3. The lowest BCUT2D eigenvalue weighted by Crippen LogP contribution is -2.21. The summed E-state index contributed by atoms with van der Waals surface area (Å²) in [5, 5.41) is 8.63. The first-order valence-corrected chi connectivity index (χ1v) is 6.21. The van der Waals surface area contributed by atoms with Gasteiger partial charge in [-0.05, 0) is 13.5 Å². The van der Waals surface area contributed by atoms with E-state index in [0.29, 0.717) is 25.2 Å². The second kappa shape index (κ2) is 6.44.